The molecule has 0 aromatic carbocycles. The minimum Gasteiger partial charge on any atom is -0.338 e. The summed E-state index contributed by atoms with van der Waals surface area (Å²) in [5, 5.41) is 4.89. The zero-order valence-electron chi connectivity index (χ0n) is 11.4. The van der Waals surface area contributed by atoms with Crippen LogP contribution in [0, 0.1) is 0 Å². The van der Waals surface area contributed by atoms with E-state index in [4.69, 9.17) is 0 Å². The van der Waals surface area contributed by atoms with Crippen LogP contribution < -0.4 is 5.32 Å². The first kappa shape index (κ1) is 15.3. The Labute approximate surface area is 123 Å². The molecule has 112 valence electrons. The van der Waals surface area contributed by atoms with Crippen molar-refractivity contribution < 1.29 is 13.2 Å². The van der Waals surface area contributed by atoms with Gasteiger partial charge < -0.3 is 10.2 Å². The highest BCUT2D eigenvalue weighted by molar-refractivity contribution is 7.88. The summed E-state index contributed by atoms with van der Waals surface area (Å²) < 4.78 is 24.2. The molecule has 0 aliphatic carbocycles. The van der Waals surface area contributed by atoms with Crippen molar-refractivity contribution >= 4 is 27.4 Å². The van der Waals surface area contributed by atoms with Gasteiger partial charge in [-0.2, -0.15) is 4.31 Å². The Morgan fingerprint density at radius 3 is 2.60 bits per heavy atom. The van der Waals surface area contributed by atoms with Gasteiger partial charge in [0.2, 0.25) is 10.0 Å². The molecule has 2 rings (SSSR count). The van der Waals surface area contributed by atoms with E-state index in [0.717, 1.165) is 6.42 Å². The van der Waals surface area contributed by atoms with E-state index in [0.29, 0.717) is 32.7 Å². The normalized spacial score (nSPS) is 17.1. The van der Waals surface area contributed by atoms with E-state index in [1.165, 1.54) is 15.4 Å². The Hall–Kier alpha value is -1.12. The number of nitrogens with one attached hydrogen (secondary N) is 1. The molecule has 0 atom stereocenters. The van der Waals surface area contributed by atoms with E-state index < -0.39 is 10.0 Å². The summed E-state index contributed by atoms with van der Waals surface area (Å²) in [7, 11) is -3.15. The largest absolute Gasteiger partial charge is 0.338 e. The van der Waals surface area contributed by atoms with Crippen molar-refractivity contribution in [3.63, 3.8) is 0 Å². The van der Waals surface area contributed by atoms with Gasteiger partial charge in [-0.1, -0.05) is 6.07 Å². The van der Waals surface area contributed by atoms with Crippen LogP contribution in [0.25, 0.3) is 0 Å². The zero-order valence-corrected chi connectivity index (χ0v) is 13.0. The van der Waals surface area contributed by atoms with E-state index in [1.54, 1.807) is 16.2 Å². The van der Waals surface area contributed by atoms with E-state index in [2.05, 4.69) is 5.32 Å². The molecule has 1 fully saturated rings. The van der Waals surface area contributed by atoms with E-state index in [9.17, 15) is 13.2 Å². The Morgan fingerprint density at radius 2 is 2.05 bits per heavy atom. The van der Waals surface area contributed by atoms with E-state index in [-0.39, 0.29) is 6.03 Å². The first-order chi connectivity index (χ1) is 9.47. The summed E-state index contributed by atoms with van der Waals surface area (Å²) >= 11 is 1.67. The number of hydrogen-bond donors (Lipinski definition) is 1. The maximum Gasteiger partial charge on any atom is 0.317 e. The van der Waals surface area contributed by atoms with Gasteiger partial charge in [0.05, 0.1) is 6.26 Å². The number of rotatable bonds is 4. The van der Waals surface area contributed by atoms with Crippen LogP contribution >= 0.6 is 11.3 Å². The molecular weight excluding hydrogens is 298 g/mol. The second kappa shape index (κ2) is 6.55. The maximum absolute atomic E-state index is 11.9. The Balaban J connectivity index is 1.72. The summed E-state index contributed by atoms with van der Waals surface area (Å²) in [6.45, 7) is 2.23. The van der Waals surface area contributed by atoms with Crippen LogP contribution in [0.1, 0.15) is 4.88 Å². The summed E-state index contributed by atoms with van der Waals surface area (Å²) in [6, 6.07) is 3.92. The Kier molecular flexibility index (Phi) is 5.00. The molecule has 6 nitrogen and oxygen atoms in total. The number of carbonyl (C=O) groups is 1. The monoisotopic (exact) mass is 317 g/mol. The van der Waals surface area contributed by atoms with Crippen molar-refractivity contribution in [2.45, 2.75) is 6.42 Å². The number of piperazine rings is 1. The summed E-state index contributed by atoms with van der Waals surface area (Å²) in [5.41, 5.74) is 0. The molecule has 1 aromatic rings. The molecule has 0 bridgehead atoms. The minimum atomic E-state index is -3.15. The SMILES string of the molecule is CS(=O)(=O)N1CCN(C(=O)NCCc2cccs2)CC1. The molecule has 2 amide bonds. The van der Waals surface area contributed by atoms with Gasteiger partial charge in [-0.05, 0) is 17.9 Å². The number of thiophene rings is 1. The highest BCUT2D eigenvalue weighted by Crippen LogP contribution is 2.09. The van der Waals surface area contributed by atoms with Crippen LogP contribution in [0.4, 0.5) is 4.79 Å². The van der Waals surface area contributed by atoms with E-state index in [1.807, 2.05) is 17.5 Å². The zero-order chi connectivity index (χ0) is 14.6. The van der Waals surface area contributed by atoms with Crippen LogP contribution in [-0.2, 0) is 16.4 Å². The number of hydrogen-bond acceptors (Lipinski definition) is 4. The summed E-state index contributed by atoms with van der Waals surface area (Å²) in [6.07, 6.45) is 2.02. The average molecular weight is 317 g/mol. The van der Waals surface area contributed by atoms with Crippen molar-refractivity contribution in [1.82, 2.24) is 14.5 Å². The van der Waals surface area contributed by atoms with Crippen LogP contribution in [0.3, 0.4) is 0 Å². The lowest BCUT2D eigenvalue weighted by molar-refractivity contribution is 0.173. The predicted molar refractivity (Wildman–Crippen MR) is 79.4 cm³/mol. The number of sulfonamides is 1. The maximum atomic E-state index is 11.9. The molecule has 0 radical (unpaired) electrons. The predicted octanol–water partition coefficient (Wildman–Crippen LogP) is 0.577. The van der Waals surface area contributed by atoms with Crippen LogP contribution in [0.15, 0.2) is 17.5 Å². The lowest BCUT2D eigenvalue weighted by Crippen LogP contribution is -2.53. The first-order valence-corrected chi connectivity index (χ1v) is 9.20. The van der Waals surface area contributed by atoms with Crippen molar-refractivity contribution in [2.24, 2.45) is 0 Å². The van der Waals surface area contributed by atoms with Crippen molar-refractivity contribution in [1.29, 1.82) is 0 Å². The molecule has 0 unspecified atom stereocenters. The molecule has 20 heavy (non-hydrogen) atoms. The van der Waals surface area contributed by atoms with Crippen LogP contribution in [-0.4, -0.2) is 62.6 Å². The topological polar surface area (TPSA) is 69.7 Å². The van der Waals surface area contributed by atoms with Gasteiger partial charge in [0.1, 0.15) is 0 Å². The molecule has 1 aliphatic heterocycles. The number of carbonyl (C=O) groups excluding carboxylic acids is 1. The van der Waals surface area contributed by atoms with E-state index >= 15 is 0 Å². The second-order valence-electron chi connectivity index (χ2n) is 4.71. The van der Waals surface area contributed by atoms with Crippen molar-refractivity contribution in [3.8, 4) is 0 Å². The lowest BCUT2D eigenvalue weighted by Gasteiger charge is -2.33. The molecule has 8 heteroatoms. The number of urea groups is 1. The molecule has 2 heterocycles. The third-order valence-corrected chi connectivity index (χ3v) is 5.46. The Morgan fingerprint density at radius 1 is 1.35 bits per heavy atom. The van der Waals surface area contributed by atoms with Gasteiger partial charge in [-0.25, -0.2) is 13.2 Å². The molecule has 1 aromatic heterocycles. The average Bonchev–Trinajstić information content (AvgIpc) is 2.91. The van der Waals surface area contributed by atoms with Crippen molar-refractivity contribution in [2.75, 3.05) is 39.0 Å². The van der Waals surface area contributed by atoms with Gasteiger partial charge in [-0.3, -0.25) is 0 Å². The third-order valence-electron chi connectivity index (χ3n) is 3.22. The quantitative estimate of drug-likeness (QED) is 0.883. The summed E-state index contributed by atoms with van der Waals surface area (Å²) in [4.78, 5) is 14.8. The molecule has 1 N–H and O–H groups in total. The smallest absolute Gasteiger partial charge is 0.317 e. The van der Waals surface area contributed by atoms with Gasteiger partial charge in [0.15, 0.2) is 0 Å². The standard InChI is InChI=1S/C12H19N3O3S2/c1-20(17,18)15-8-6-14(7-9-15)12(16)13-5-4-11-3-2-10-19-11/h2-3,10H,4-9H2,1H3,(H,13,16). The molecule has 1 aliphatic rings. The van der Waals surface area contributed by atoms with Crippen molar-refractivity contribution in [3.05, 3.63) is 22.4 Å². The number of nitrogens with zero attached hydrogens (tertiary/aromatic N) is 2. The number of amides is 2. The first-order valence-electron chi connectivity index (χ1n) is 6.47. The lowest BCUT2D eigenvalue weighted by atomic mass is 10.3. The fourth-order valence-electron chi connectivity index (χ4n) is 2.08. The van der Waals surface area contributed by atoms with Gasteiger partial charge in [0.25, 0.3) is 0 Å². The third kappa shape index (κ3) is 4.19. The van der Waals surface area contributed by atoms with Crippen LogP contribution in [0.2, 0.25) is 0 Å². The Bertz CT molecular complexity index is 534. The van der Waals surface area contributed by atoms with Crippen LogP contribution in [0.5, 0.6) is 0 Å². The second-order valence-corrected chi connectivity index (χ2v) is 7.73. The molecule has 0 saturated carbocycles. The highest BCUT2D eigenvalue weighted by atomic mass is 32.2. The molecule has 0 spiro atoms. The van der Waals surface area contributed by atoms with Gasteiger partial charge in [-0.15, -0.1) is 11.3 Å². The van der Waals surface area contributed by atoms with Gasteiger partial charge in [0, 0.05) is 37.6 Å². The molecular formula is C12H19N3O3S2. The molecule has 1 saturated heterocycles. The summed E-state index contributed by atoms with van der Waals surface area (Å²) in [5.74, 6) is 0. The fourth-order valence-corrected chi connectivity index (χ4v) is 3.62. The van der Waals surface area contributed by atoms with Gasteiger partial charge >= 0.3 is 6.03 Å². The highest BCUT2D eigenvalue weighted by Gasteiger charge is 2.25. The minimum absolute atomic E-state index is 0.116. The fraction of sp³-hybridized carbons (Fsp3) is 0.583.